The number of hydrogen-bond acceptors (Lipinski definition) is 6. The highest BCUT2D eigenvalue weighted by Gasteiger charge is 2.14. The number of carbonyl (C=O) groups is 1. The lowest BCUT2D eigenvalue weighted by atomic mass is 10.1. The van der Waals surface area contributed by atoms with Crippen molar-refractivity contribution in [2.45, 2.75) is 6.42 Å². The molecule has 138 valence electrons. The molecule has 0 fully saturated rings. The van der Waals surface area contributed by atoms with Crippen LogP contribution < -0.4 is 29.6 Å². The van der Waals surface area contributed by atoms with Crippen LogP contribution >= 0.6 is 0 Å². The van der Waals surface area contributed by atoms with Crippen molar-refractivity contribution in [1.29, 1.82) is 0 Å². The van der Waals surface area contributed by atoms with Crippen molar-refractivity contribution in [3.63, 3.8) is 0 Å². The Hall–Kier alpha value is -2.93. The summed E-state index contributed by atoms with van der Waals surface area (Å²) in [6.07, 6.45) is 0.775. The van der Waals surface area contributed by atoms with Gasteiger partial charge in [0.25, 0.3) is 0 Å². The summed E-state index contributed by atoms with van der Waals surface area (Å²) in [5.74, 6) is 2.62. The highest BCUT2D eigenvalue weighted by Crippen LogP contribution is 2.34. The summed E-state index contributed by atoms with van der Waals surface area (Å²) in [6.45, 7) is 1.11. The van der Waals surface area contributed by atoms with Crippen LogP contribution in [0.2, 0.25) is 0 Å². The normalized spacial score (nSPS) is 11.9. The predicted molar refractivity (Wildman–Crippen MR) is 97.3 cm³/mol. The highest BCUT2D eigenvalue weighted by atomic mass is 16.7. The minimum atomic E-state index is -0.115. The molecule has 2 aromatic rings. The third kappa shape index (κ3) is 4.37. The zero-order valence-electron chi connectivity index (χ0n) is 14.8. The third-order valence-corrected chi connectivity index (χ3v) is 3.98. The molecule has 0 unspecified atom stereocenters. The van der Waals surface area contributed by atoms with E-state index in [1.807, 2.05) is 18.2 Å². The number of benzene rings is 2. The lowest BCUT2D eigenvalue weighted by Crippen LogP contribution is -2.29. The quantitative estimate of drug-likeness (QED) is 0.705. The lowest BCUT2D eigenvalue weighted by molar-refractivity contribution is -0.115. The van der Waals surface area contributed by atoms with Crippen molar-refractivity contribution in [3.8, 4) is 23.0 Å². The number of methoxy groups -OCH3 is 2. The van der Waals surface area contributed by atoms with Crippen molar-refractivity contribution < 1.29 is 23.7 Å². The molecule has 1 heterocycles. The van der Waals surface area contributed by atoms with Crippen molar-refractivity contribution >= 4 is 11.6 Å². The Balaban J connectivity index is 1.43. The van der Waals surface area contributed by atoms with Gasteiger partial charge in [0.1, 0.15) is 0 Å². The SMILES string of the molecule is COc1ccc(CCNCC(=O)Nc2ccc3c(c2)OCO3)cc1OC. The van der Waals surface area contributed by atoms with E-state index >= 15 is 0 Å². The van der Waals surface area contributed by atoms with E-state index in [9.17, 15) is 4.79 Å². The van der Waals surface area contributed by atoms with E-state index in [4.69, 9.17) is 18.9 Å². The van der Waals surface area contributed by atoms with Gasteiger partial charge in [0.2, 0.25) is 12.7 Å². The smallest absolute Gasteiger partial charge is 0.238 e. The molecule has 2 aromatic carbocycles. The van der Waals surface area contributed by atoms with Crippen LogP contribution in [0.25, 0.3) is 0 Å². The van der Waals surface area contributed by atoms with E-state index in [1.54, 1.807) is 32.4 Å². The molecule has 1 aliphatic heterocycles. The minimum absolute atomic E-state index is 0.115. The Morgan fingerprint density at radius 2 is 1.85 bits per heavy atom. The Labute approximate surface area is 152 Å². The maximum atomic E-state index is 12.0. The van der Waals surface area contributed by atoms with Crippen LogP contribution in [0.1, 0.15) is 5.56 Å². The van der Waals surface area contributed by atoms with Gasteiger partial charge in [-0.3, -0.25) is 4.79 Å². The minimum Gasteiger partial charge on any atom is -0.493 e. The molecule has 1 amide bonds. The molecule has 0 bridgehead atoms. The fraction of sp³-hybridized carbons (Fsp3) is 0.316. The summed E-state index contributed by atoms with van der Waals surface area (Å²) < 4.78 is 21.1. The first-order chi connectivity index (χ1) is 12.7. The first kappa shape index (κ1) is 17.9. The van der Waals surface area contributed by atoms with Gasteiger partial charge in [-0.05, 0) is 42.8 Å². The van der Waals surface area contributed by atoms with E-state index in [2.05, 4.69) is 10.6 Å². The molecule has 7 nitrogen and oxygen atoms in total. The van der Waals surface area contributed by atoms with Gasteiger partial charge in [-0.2, -0.15) is 0 Å². The van der Waals surface area contributed by atoms with Crippen LogP contribution in [-0.2, 0) is 11.2 Å². The summed E-state index contributed by atoms with van der Waals surface area (Å²) in [4.78, 5) is 12.0. The molecular weight excluding hydrogens is 336 g/mol. The second kappa shape index (κ2) is 8.44. The van der Waals surface area contributed by atoms with E-state index in [0.717, 1.165) is 12.0 Å². The van der Waals surface area contributed by atoms with E-state index < -0.39 is 0 Å². The molecular formula is C19H22N2O5. The van der Waals surface area contributed by atoms with E-state index in [1.165, 1.54) is 0 Å². The summed E-state index contributed by atoms with van der Waals surface area (Å²) in [7, 11) is 3.22. The number of carbonyl (C=O) groups excluding carboxylic acids is 1. The Kier molecular flexibility index (Phi) is 5.80. The number of amides is 1. The highest BCUT2D eigenvalue weighted by molar-refractivity contribution is 5.92. The molecule has 0 saturated heterocycles. The topological polar surface area (TPSA) is 78.1 Å². The third-order valence-electron chi connectivity index (χ3n) is 3.98. The average molecular weight is 358 g/mol. The molecule has 0 aliphatic carbocycles. The van der Waals surface area contributed by atoms with E-state index in [0.29, 0.717) is 35.2 Å². The monoisotopic (exact) mass is 358 g/mol. The molecule has 0 atom stereocenters. The molecule has 0 spiro atoms. The number of anilines is 1. The number of nitrogens with one attached hydrogen (secondary N) is 2. The van der Waals surface area contributed by atoms with Gasteiger partial charge in [-0.25, -0.2) is 0 Å². The van der Waals surface area contributed by atoms with Crippen LogP contribution in [0.4, 0.5) is 5.69 Å². The fourth-order valence-corrected chi connectivity index (χ4v) is 2.65. The maximum Gasteiger partial charge on any atom is 0.238 e. The zero-order chi connectivity index (χ0) is 18.4. The van der Waals surface area contributed by atoms with Gasteiger partial charge < -0.3 is 29.6 Å². The fourth-order valence-electron chi connectivity index (χ4n) is 2.65. The molecule has 2 N–H and O–H groups in total. The van der Waals surface area contributed by atoms with Gasteiger partial charge in [0.15, 0.2) is 23.0 Å². The van der Waals surface area contributed by atoms with E-state index in [-0.39, 0.29) is 19.2 Å². The van der Waals surface area contributed by atoms with Crippen LogP contribution in [0, 0.1) is 0 Å². The summed E-state index contributed by atoms with van der Waals surface area (Å²) >= 11 is 0. The average Bonchev–Trinajstić information content (AvgIpc) is 3.12. The Morgan fingerprint density at radius 3 is 2.65 bits per heavy atom. The van der Waals surface area contributed by atoms with Crippen molar-refractivity contribution in [2.75, 3.05) is 39.4 Å². The molecule has 0 aromatic heterocycles. The first-order valence-electron chi connectivity index (χ1n) is 8.30. The molecule has 0 saturated carbocycles. The maximum absolute atomic E-state index is 12.0. The zero-order valence-corrected chi connectivity index (χ0v) is 14.8. The molecule has 1 aliphatic rings. The number of ether oxygens (including phenoxy) is 4. The van der Waals surface area contributed by atoms with Crippen molar-refractivity contribution in [1.82, 2.24) is 5.32 Å². The van der Waals surface area contributed by atoms with Gasteiger partial charge in [0, 0.05) is 11.8 Å². The standard InChI is InChI=1S/C19H22N2O5/c1-23-15-5-3-13(9-17(15)24-2)7-8-20-11-19(22)21-14-4-6-16-18(10-14)26-12-25-16/h3-6,9-10,20H,7-8,11-12H2,1-2H3,(H,21,22). The van der Waals surface area contributed by atoms with Crippen LogP contribution in [0.3, 0.4) is 0 Å². The second-order valence-electron chi connectivity index (χ2n) is 5.73. The number of rotatable bonds is 8. The van der Waals surface area contributed by atoms with Crippen molar-refractivity contribution in [3.05, 3.63) is 42.0 Å². The summed E-state index contributed by atoms with van der Waals surface area (Å²) in [5, 5.41) is 5.96. The van der Waals surface area contributed by atoms with Crippen LogP contribution in [-0.4, -0.2) is 40.0 Å². The lowest BCUT2D eigenvalue weighted by Gasteiger charge is -2.10. The Morgan fingerprint density at radius 1 is 1.04 bits per heavy atom. The largest absolute Gasteiger partial charge is 0.493 e. The Bertz CT molecular complexity index is 779. The van der Waals surface area contributed by atoms with Crippen LogP contribution in [0.5, 0.6) is 23.0 Å². The van der Waals surface area contributed by atoms with Gasteiger partial charge in [-0.1, -0.05) is 6.07 Å². The number of fused-ring (bicyclic) bond motifs is 1. The summed E-state index contributed by atoms with van der Waals surface area (Å²) in [6, 6.07) is 11.1. The second-order valence-corrected chi connectivity index (χ2v) is 5.73. The first-order valence-corrected chi connectivity index (χ1v) is 8.30. The molecule has 26 heavy (non-hydrogen) atoms. The molecule has 0 radical (unpaired) electrons. The van der Waals surface area contributed by atoms with Gasteiger partial charge >= 0.3 is 0 Å². The summed E-state index contributed by atoms with van der Waals surface area (Å²) in [5.41, 5.74) is 1.78. The van der Waals surface area contributed by atoms with Gasteiger partial charge in [0.05, 0.1) is 20.8 Å². The number of hydrogen-bond donors (Lipinski definition) is 2. The predicted octanol–water partition coefficient (Wildman–Crippen LogP) is 2.20. The molecule has 3 rings (SSSR count). The van der Waals surface area contributed by atoms with Crippen molar-refractivity contribution in [2.24, 2.45) is 0 Å². The molecule has 7 heteroatoms. The van der Waals surface area contributed by atoms with Gasteiger partial charge in [-0.15, -0.1) is 0 Å². The van der Waals surface area contributed by atoms with Crippen LogP contribution in [0.15, 0.2) is 36.4 Å².